The molecule has 3 unspecified atom stereocenters. The van der Waals surface area contributed by atoms with Crippen LogP contribution >= 0.6 is 0 Å². The van der Waals surface area contributed by atoms with Crippen molar-refractivity contribution in [2.24, 2.45) is 0 Å². The molecule has 110 valence electrons. The van der Waals surface area contributed by atoms with Crippen molar-refractivity contribution in [3.8, 4) is 0 Å². The van der Waals surface area contributed by atoms with Gasteiger partial charge >= 0.3 is 0 Å². The minimum atomic E-state index is -0.184. The Balaban J connectivity index is 1.48. The lowest BCUT2D eigenvalue weighted by molar-refractivity contribution is -0.0477. The maximum atomic E-state index is 12.9. The first-order valence-electron chi connectivity index (χ1n) is 7.57. The summed E-state index contributed by atoms with van der Waals surface area (Å²) in [5.41, 5.74) is 1.11. The third-order valence-corrected chi connectivity index (χ3v) is 4.48. The Hall–Kier alpha value is -0.970. The third-order valence-electron chi connectivity index (χ3n) is 4.48. The van der Waals surface area contributed by atoms with Gasteiger partial charge in [0.05, 0.1) is 12.7 Å². The number of hydrogen-bond donors (Lipinski definition) is 1. The number of fused-ring (bicyclic) bond motifs is 1. The largest absolute Gasteiger partial charge is 0.374 e. The second kappa shape index (κ2) is 6.20. The fourth-order valence-corrected chi connectivity index (χ4v) is 3.19. The normalized spacial score (nSPS) is 28.3. The predicted octanol–water partition coefficient (Wildman–Crippen LogP) is 2.34. The molecule has 0 radical (unpaired) electrons. The molecule has 3 atom stereocenters. The van der Waals surface area contributed by atoms with Gasteiger partial charge in [0.15, 0.2) is 0 Å². The number of nitrogens with one attached hydrogen (secondary N) is 1. The van der Waals surface area contributed by atoms with E-state index in [2.05, 4.69) is 17.1 Å². The quantitative estimate of drug-likeness (QED) is 0.915. The van der Waals surface area contributed by atoms with Crippen LogP contribution in [0.3, 0.4) is 0 Å². The molecule has 1 N–H and O–H groups in total. The Kier molecular flexibility index (Phi) is 4.34. The molecule has 3 nitrogen and oxygen atoms in total. The van der Waals surface area contributed by atoms with Gasteiger partial charge in [-0.3, -0.25) is 4.90 Å². The van der Waals surface area contributed by atoms with Crippen molar-refractivity contribution in [1.82, 2.24) is 10.2 Å². The summed E-state index contributed by atoms with van der Waals surface area (Å²) in [5, 5.41) is 3.49. The van der Waals surface area contributed by atoms with E-state index in [4.69, 9.17) is 4.74 Å². The van der Waals surface area contributed by atoms with E-state index in [0.29, 0.717) is 6.04 Å². The van der Waals surface area contributed by atoms with Crippen molar-refractivity contribution in [1.29, 1.82) is 0 Å². The minimum Gasteiger partial charge on any atom is -0.374 e. The van der Waals surface area contributed by atoms with Crippen LogP contribution in [0, 0.1) is 5.82 Å². The number of nitrogens with zero attached hydrogens (tertiary/aromatic N) is 1. The van der Waals surface area contributed by atoms with Gasteiger partial charge in [-0.15, -0.1) is 0 Å². The molecule has 2 aliphatic rings. The summed E-state index contributed by atoms with van der Waals surface area (Å²) in [7, 11) is 0. The van der Waals surface area contributed by atoms with Crippen molar-refractivity contribution >= 4 is 0 Å². The molecule has 3 rings (SSSR count). The second-order valence-electron chi connectivity index (χ2n) is 5.93. The Bertz CT molecular complexity index is 437. The average molecular weight is 278 g/mol. The van der Waals surface area contributed by atoms with E-state index >= 15 is 0 Å². The lowest BCUT2D eigenvalue weighted by Crippen LogP contribution is -2.49. The first kappa shape index (κ1) is 14.0. The molecule has 0 saturated carbocycles. The fourth-order valence-electron chi connectivity index (χ4n) is 3.19. The number of hydrogen-bond acceptors (Lipinski definition) is 3. The van der Waals surface area contributed by atoms with Gasteiger partial charge in [0.25, 0.3) is 0 Å². The highest BCUT2D eigenvalue weighted by Gasteiger charge is 2.32. The van der Waals surface area contributed by atoms with Gasteiger partial charge in [-0.1, -0.05) is 12.1 Å². The highest BCUT2D eigenvalue weighted by atomic mass is 19.1. The molecule has 1 aromatic rings. The Morgan fingerprint density at radius 3 is 3.00 bits per heavy atom. The van der Waals surface area contributed by atoms with Gasteiger partial charge in [0, 0.05) is 25.2 Å². The van der Waals surface area contributed by atoms with E-state index in [1.165, 1.54) is 31.5 Å². The zero-order valence-corrected chi connectivity index (χ0v) is 12.0. The molecule has 2 heterocycles. The van der Waals surface area contributed by atoms with Crippen LogP contribution < -0.4 is 5.32 Å². The molecule has 1 aromatic carbocycles. The number of morpholine rings is 1. The zero-order chi connectivity index (χ0) is 13.9. The van der Waals surface area contributed by atoms with Crippen LogP contribution in [0.1, 0.15) is 31.4 Å². The fraction of sp³-hybridized carbons (Fsp3) is 0.625. The lowest BCUT2D eigenvalue weighted by Gasteiger charge is -2.35. The van der Waals surface area contributed by atoms with Crippen LogP contribution in [-0.4, -0.2) is 43.3 Å². The molecular weight excluding hydrogens is 255 g/mol. The van der Waals surface area contributed by atoms with E-state index in [-0.39, 0.29) is 18.0 Å². The van der Waals surface area contributed by atoms with E-state index in [9.17, 15) is 4.39 Å². The topological polar surface area (TPSA) is 24.5 Å². The summed E-state index contributed by atoms with van der Waals surface area (Å²) < 4.78 is 18.8. The molecule has 0 amide bonds. The Labute approximate surface area is 120 Å². The monoisotopic (exact) mass is 278 g/mol. The summed E-state index contributed by atoms with van der Waals surface area (Å²) in [6.07, 6.45) is 2.86. The molecule has 2 aliphatic heterocycles. The summed E-state index contributed by atoms with van der Waals surface area (Å²) in [6.45, 7) is 6.08. The highest BCUT2D eigenvalue weighted by Crippen LogP contribution is 2.22. The van der Waals surface area contributed by atoms with Gasteiger partial charge in [-0.05, 0) is 44.0 Å². The first-order valence-corrected chi connectivity index (χ1v) is 7.57. The molecule has 20 heavy (non-hydrogen) atoms. The van der Waals surface area contributed by atoms with E-state index in [1.54, 1.807) is 0 Å². The van der Waals surface area contributed by atoms with E-state index < -0.39 is 0 Å². The van der Waals surface area contributed by atoms with Crippen molar-refractivity contribution in [3.63, 3.8) is 0 Å². The molecule has 0 aromatic heterocycles. The van der Waals surface area contributed by atoms with Crippen LogP contribution in [0.5, 0.6) is 0 Å². The minimum absolute atomic E-state index is 0.184. The zero-order valence-electron chi connectivity index (χ0n) is 12.0. The van der Waals surface area contributed by atoms with Crippen molar-refractivity contribution < 1.29 is 9.13 Å². The average Bonchev–Trinajstić information content (AvgIpc) is 2.93. The summed E-state index contributed by atoms with van der Waals surface area (Å²) in [6, 6.07) is 7.58. The van der Waals surface area contributed by atoms with Crippen LogP contribution in [0.4, 0.5) is 4.39 Å². The molecule has 2 fully saturated rings. The van der Waals surface area contributed by atoms with Gasteiger partial charge in [-0.2, -0.15) is 0 Å². The molecule has 0 spiro atoms. The van der Waals surface area contributed by atoms with Gasteiger partial charge in [0.2, 0.25) is 0 Å². The van der Waals surface area contributed by atoms with Crippen LogP contribution in [0.2, 0.25) is 0 Å². The van der Waals surface area contributed by atoms with Crippen molar-refractivity contribution in [2.75, 3.05) is 26.2 Å². The van der Waals surface area contributed by atoms with Gasteiger partial charge in [-0.25, -0.2) is 4.39 Å². The van der Waals surface area contributed by atoms with Gasteiger partial charge < -0.3 is 10.1 Å². The molecule has 0 bridgehead atoms. The summed E-state index contributed by atoms with van der Waals surface area (Å²) >= 11 is 0. The highest BCUT2D eigenvalue weighted by molar-refractivity contribution is 5.19. The summed E-state index contributed by atoms with van der Waals surface area (Å²) in [5.74, 6) is -0.184. The predicted molar refractivity (Wildman–Crippen MR) is 77.2 cm³/mol. The van der Waals surface area contributed by atoms with Crippen LogP contribution in [-0.2, 0) is 4.74 Å². The van der Waals surface area contributed by atoms with Gasteiger partial charge in [0.1, 0.15) is 5.82 Å². The third kappa shape index (κ3) is 3.19. The molecule has 4 heteroatoms. The summed E-state index contributed by atoms with van der Waals surface area (Å²) in [4.78, 5) is 2.55. The molecule has 0 aliphatic carbocycles. The van der Waals surface area contributed by atoms with E-state index in [1.807, 2.05) is 12.1 Å². The second-order valence-corrected chi connectivity index (χ2v) is 5.93. The van der Waals surface area contributed by atoms with Crippen molar-refractivity contribution in [3.05, 3.63) is 35.6 Å². The van der Waals surface area contributed by atoms with Crippen LogP contribution in [0.15, 0.2) is 24.3 Å². The number of rotatable bonds is 4. The number of benzene rings is 1. The lowest BCUT2D eigenvalue weighted by atomic mass is 10.1. The smallest absolute Gasteiger partial charge is 0.123 e. The SMILES string of the molecule is CC(NCC1CN2CCCC2CO1)c1ccc(F)cc1. The Morgan fingerprint density at radius 1 is 1.40 bits per heavy atom. The van der Waals surface area contributed by atoms with E-state index in [0.717, 1.165) is 25.3 Å². The maximum Gasteiger partial charge on any atom is 0.123 e. The maximum absolute atomic E-state index is 12.9. The molecule has 2 saturated heterocycles. The van der Waals surface area contributed by atoms with Crippen molar-refractivity contribution in [2.45, 2.75) is 38.0 Å². The Morgan fingerprint density at radius 2 is 2.20 bits per heavy atom. The standard InChI is InChI=1S/C16H23FN2O/c1-12(13-4-6-14(17)7-5-13)18-9-16-10-19-8-2-3-15(19)11-20-16/h4-7,12,15-16,18H,2-3,8-11H2,1H3. The van der Waals surface area contributed by atoms with Crippen LogP contribution in [0.25, 0.3) is 0 Å². The number of halogens is 1. The number of ether oxygens (including phenoxy) is 1. The molecular formula is C16H23FN2O. The first-order chi connectivity index (χ1) is 9.72.